The first-order valence-corrected chi connectivity index (χ1v) is 6.95. The number of fused-ring (bicyclic) bond motifs is 1. The number of nitrogens with one attached hydrogen (secondary N) is 1. The molecule has 0 aliphatic carbocycles. The van der Waals surface area contributed by atoms with Crippen LogP contribution in [0.2, 0.25) is 0 Å². The van der Waals surface area contributed by atoms with E-state index in [0.29, 0.717) is 6.04 Å². The van der Waals surface area contributed by atoms with E-state index in [0.717, 1.165) is 23.3 Å². The lowest BCUT2D eigenvalue weighted by Crippen LogP contribution is -2.16. The van der Waals surface area contributed by atoms with Crippen LogP contribution in [0.4, 0.5) is 0 Å². The summed E-state index contributed by atoms with van der Waals surface area (Å²) in [6.07, 6.45) is 0. The van der Waals surface area contributed by atoms with E-state index in [1.54, 1.807) is 11.3 Å². The molecule has 0 saturated carbocycles. The molecule has 0 bridgehead atoms. The number of hydrogen-bond donors (Lipinski definition) is 1. The number of hydrogen-bond acceptors (Lipinski definition) is 3. The Balaban J connectivity index is 1.69. The molecule has 0 radical (unpaired) electrons. The van der Waals surface area contributed by atoms with Crippen molar-refractivity contribution in [3.63, 3.8) is 0 Å². The maximum atomic E-state index is 5.78. The molecule has 1 atom stereocenters. The van der Waals surface area contributed by atoms with Gasteiger partial charge in [-0.3, -0.25) is 0 Å². The maximum absolute atomic E-state index is 5.78. The van der Waals surface area contributed by atoms with Gasteiger partial charge in [0.15, 0.2) is 0 Å². The summed E-state index contributed by atoms with van der Waals surface area (Å²) in [6, 6.07) is 14.8. The summed E-state index contributed by atoms with van der Waals surface area (Å²) in [7, 11) is 0. The van der Waals surface area contributed by atoms with Crippen molar-refractivity contribution in [1.29, 1.82) is 0 Å². The summed E-state index contributed by atoms with van der Waals surface area (Å²) in [5.74, 6) is 0.986. The molecule has 0 fully saturated rings. The number of benzene rings is 1. The van der Waals surface area contributed by atoms with Crippen LogP contribution >= 0.6 is 11.3 Å². The Labute approximate surface area is 110 Å². The fraction of sp³-hybridized carbons (Fsp3) is 0.200. The minimum atomic E-state index is 0.359. The Morgan fingerprint density at radius 2 is 2.11 bits per heavy atom. The van der Waals surface area contributed by atoms with Crippen molar-refractivity contribution in [3.05, 3.63) is 58.5 Å². The molecule has 0 spiro atoms. The predicted octanol–water partition coefficient (Wildman–Crippen LogP) is 4.35. The van der Waals surface area contributed by atoms with Gasteiger partial charge < -0.3 is 9.73 Å². The first-order valence-electron chi connectivity index (χ1n) is 6.07. The highest BCUT2D eigenvalue weighted by Gasteiger charge is 2.07. The third kappa shape index (κ3) is 2.33. The van der Waals surface area contributed by atoms with Crippen LogP contribution in [-0.4, -0.2) is 0 Å². The van der Waals surface area contributed by atoms with E-state index < -0.39 is 0 Å². The molecule has 1 N–H and O–H groups in total. The van der Waals surface area contributed by atoms with Crippen LogP contribution in [-0.2, 0) is 6.54 Å². The molecule has 2 heterocycles. The lowest BCUT2D eigenvalue weighted by Gasteiger charge is -2.10. The molecule has 3 heteroatoms. The largest absolute Gasteiger partial charge is 0.460 e. The van der Waals surface area contributed by atoms with Crippen molar-refractivity contribution in [2.24, 2.45) is 0 Å². The summed E-state index contributed by atoms with van der Waals surface area (Å²) < 4.78 is 5.78. The molecule has 2 nitrogen and oxygen atoms in total. The number of para-hydroxylation sites is 1. The highest BCUT2D eigenvalue weighted by Crippen LogP contribution is 2.21. The van der Waals surface area contributed by atoms with Crippen molar-refractivity contribution in [2.45, 2.75) is 19.5 Å². The van der Waals surface area contributed by atoms with E-state index in [1.165, 1.54) is 4.88 Å². The Bertz CT molecular complexity index is 594. The second-order valence-corrected chi connectivity index (χ2v) is 5.35. The first-order chi connectivity index (χ1) is 8.83. The molecule has 1 aromatic carbocycles. The van der Waals surface area contributed by atoms with Gasteiger partial charge in [0.05, 0.1) is 6.54 Å². The SMILES string of the molecule is CC(NCc1cc2ccccc2o1)c1cccs1. The third-order valence-electron chi connectivity index (χ3n) is 3.03. The average Bonchev–Trinajstić information content (AvgIpc) is 3.04. The summed E-state index contributed by atoms with van der Waals surface area (Å²) in [4.78, 5) is 1.35. The normalized spacial score (nSPS) is 12.9. The smallest absolute Gasteiger partial charge is 0.134 e. The fourth-order valence-electron chi connectivity index (χ4n) is 2.02. The topological polar surface area (TPSA) is 25.2 Å². The highest BCUT2D eigenvalue weighted by atomic mass is 32.1. The highest BCUT2D eigenvalue weighted by molar-refractivity contribution is 7.10. The molecule has 0 amide bonds. The predicted molar refractivity (Wildman–Crippen MR) is 75.8 cm³/mol. The molecular formula is C15H15NOS. The van der Waals surface area contributed by atoms with Crippen LogP contribution in [0.3, 0.4) is 0 Å². The lowest BCUT2D eigenvalue weighted by atomic mass is 10.2. The molecule has 92 valence electrons. The second-order valence-electron chi connectivity index (χ2n) is 4.37. The Morgan fingerprint density at radius 3 is 2.89 bits per heavy atom. The minimum absolute atomic E-state index is 0.359. The number of rotatable bonds is 4. The number of furan rings is 1. The lowest BCUT2D eigenvalue weighted by molar-refractivity contribution is 0.485. The van der Waals surface area contributed by atoms with Gasteiger partial charge in [-0.2, -0.15) is 0 Å². The Hall–Kier alpha value is -1.58. The van der Waals surface area contributed by atoms with Crippen molar-refractivity contribution in [1.82, 2.24) is 5.32 Å². The summed E-state index contributed by atoms with van der Waals surface area (Å²) in [5.41, 5.74) is 0.957. The third-order valence-corrected chi connectivity index (χ3v) is 4.08. The van der Waals surface area contributed by atoms with Gasteiger partial charge in [0, 0.05) is 16.3 Å². The van der Waals surface area contributed by atoms with Crippen LogP contribution in [0.15, 0.2) is 52.3 Å². The molecule has 18 heavy (non-hydrogen) atoms. The molecule has 0 aliphatic rings. The van der Waals surface area contributed by atoms with E-state index in [9.17, 15) is 0 Å². The van der Waals surface area contributed by atoms with Gasteiger partial charge in [-0.1, -0.05) is 24.3 Å². The van der Waals surface area contributed by atoms with Crippen LogP contribution in [0.25, 0.3) is 11.0 Å². The van der Waals surface area contributed by atoms with Crippen molar-refractivity contribution in [3.8, 4) is 0 Å². The first kappa shape index (κ1) is 11.5. The van der Waals surface area contributed by atoms with E-state index in [1.807, 2.05) is 18.2 Å². The zero-order valence-corrected chi connectivity index (χ0v) is 11.0. The van der Waals surface area contributed by atoms with E-state index in [2.05, 4.69) is 41.9 Å². The number of thiophene rings is 1. The molecule has 3 aromatic rings. The fourth-order valence-corrected chi connectivity index (χ4v) is 2.77. The molecule has 0 aliphatic heterocycles. The van der Waals surface area contributed by atoms with E-state index >= 15 is 0 Å². The van der Waals surface area contributed by atoms with Gasteiger partial charge in [0.2, 0.25) is 0 Å². The maximum Gasteiger partial charge on any atom is 0.134 e. The van der Waals surface area contributed by atoms with Crippen molar-refractivity contribution < 1.29 is 4.42 Å². The van der Waals surface area contributed by atoms with Gasteiger partial charge in [0.25, 0.3) is 0 Å². The molecule has 0 saturated heterocycles. The summed E-state index contributed by atoms with van der Waals surface area (Å²) in [5, 5.41) is 6.75. The van der Waals surface area contributed by atoms with Gasteiger partial charge in [-0.25, -0.2) is 0 Å². The van der Waals surface area contributed by atoms with Gasteiger partial charge >= 0.3 is 0 Å². The second kappa shape index (κ2) is 4.96. The van der Waals surface area contributed by atoms with E-state index in [-0.39, 0.29) is 0 Å². The van der Waals surface area contributed by atoms with Gasteiger partial charge in [-0.05, 0) is 30.5 Å². The van der Waals surface area contributed by atoms with Crippen LogP contribution in [0.5, 0.6) is 0 Å². The molecule has 1 unspecified atom stereocenters. The Kier molecular flexibility index (Phi) is 3.17. The molecular weight excluding hydrogens is 242 g/mol. The average molecular weight is 257 g/mol. The summed E-state index contributed by atoms with van der Waals surface area (Å²) >= 11 is 1.78. The molecule has 3 rings (SSSR count). The standard InChI is InChI=1S/C15H15NOS/c1-11(15-7-4-8-18-15)16-10-13-9-12-5-2-3-6-14(12)17-13/h2-9,11,16H,10H2,1H3. The monoisotopic (exact) mass is 257 g/mol. The van der Waals surface area contributed by atoms with Gasteiger partial charge in [0.1, 0.15) is 11.3 Å². The van der Waals surface area contributed by atoms with E-state index in [4.69, 9.17) is 4.42 Å². The minimum Gasteiger partial charge on any atom is -0.460 e. The van der Waals surface area contributed by atoms with Crippen molar-refractivity contribution in [2.75, 3.05) is 0 Å². The van der Waals surface area contributed by atoms with Crippen molar-refractivity contribution >= 4 is 22.3 Å². The molecule has 2 aromatic heterocycles. The zero-order chi connectivity index (χ0) is 12.4. The van der Waals surface area contributed by atoms with Crippen LogP contribution < -0.4 is 5.32 Å². The Morgan fingerprint density at radius 1 is 1.22 bits per heavy atom. The van der Waals surface area contributed by atoms with Crippen LogP contribution in [0, 0.1) is 0 Å². The van der Waals surface area contributed by atoms with Crippen LogP contribution in [0.1, 0.15) is 23.6 Å². The quantitative estimate of drug-likeness (QED) is 0.752. The van der Waals surface area contributed by atoms with Gasteiger partial charge in [-0.15, -0.1) is 11.3 Å². The zero-order valence-electron chi connectivity index (χ0n) is 10.2. The summed E-state index contributed by atoms with van der Waals surface area (Å²) in [6.45, 7) is 2.93.